The van der Waals surface area contributed by atoms with Gasteiger partial charge in [-0.05, 0) is 44.0 Å². The molecule has 0 bridgehead atoms. The van der Waals surface area contributed by atoms with Crippen LogP contribution in [0.1, 0.15) is 61.3 Å². The van der Waals surface area contributed by atoms with Crippen molar-refractivity contribution in [2.45, 2.75) is 57.5 Å². The molecule has 1 amide bonds. The maximum Gasteiger partial charge on any atom is 0.248 e. The zero-order chi connectivity index (χ0) is 23.7. The minimum atomic E-state index is -0.609. The van der Waals surface area contributed by atoms with Crippen LogP contribution in [0.25, 0.3) is 11.6 Å². The molecule has 1 saturated heterocycles. The first-order valence-electron chi connectivity index (χ1n) is 11.2. The van der Waals surface area contributed by atoms with Crippen molar-refractivity contribution >= 4 is 23.3 Å². The lowest BCUT2D eigenvalue weighted by Gasteiger charge is -2.32. The van der Waals surface area contributed by atoms with Gasteiger partial charge in [-0.15, -0.1) is 0 Å². The van der Waals surface area contributed by atoms with Gasteiger partial charge in [0, 0.05) is 27.9 Å². The second kappa shape index (κ2) is 7.28. The van der Waals surface area contributed by atoms with Crippen LogP contribution in [0.2, 0.25) is 0 Å². The topological polar surface area (TPSA) is 130 Å². The van der Waals surface area contributed by atoms with Crippen LogP contribution in [0, 0.1) is 0 Å². The van der Waals surface area contributed by atoms with Gasteiger partial charge in [-0.2, -0.15) is 0 Å². The van der Waals surface area contributed by atoms with Crippen LogP contribution in [-0.4, -0.2) is 47.8 Å². The summed E-state index contributed by atoms with van der Waals surface area (Å²) in [4.78, 5) is 29.0. The normalized spacial score (nSPS) is 24.5. The van der Waals surface area contributed by atoms with E-state index in [4.69, 9.17) is 25.7 Å². The summed E-state index contributed by atoms with van der Waals surface area (Å²) in [5.41, 5.74) is 14.4. The van der Waals surface area contributed by atoms with E-state index in [1.54, 1.807) is 12.1 Å². The maximum absolute atomic E-state index is 13.6. The fourth-order valence-corrected chi connectivity index (χ4v) is 5.12. The summed E-state index contributed by atoms with van der Waals surface area (Å²) in [6, 6.07) is 5.02. The molecule has 2 heterocycles. The van der Waals surface area contributed by atoms with Crippen molar-refractivity contribution < 1.29 is 23.8 Å². The Morgan fingerprint density at radius 3 is 2.70 bits per heavy atom. The molecule has 0 unspecified atom stereocenters. The molecule has 3 aliphatic rings. The highest BCUT2D eigenvalue weighted by atomic mass is 16.7. The van der Waals surface area contributed by atoms with Gasteiger partial charge >= 0.3 is 0 Å². The number of H-pyrrole nitrogens is 1. The van der Waals surface area contributed by atoms with Crippen LogP contribution in [0.15, 0.2) is 18.2 Å². The molecule has 0 radical (unpaired) electrons. The van der Waals surface area contributed by atoms with E-state index in [9.17, 15) is 9.59 Å². The number of ether oxygens (including phenoxy) is 3. The molecular weight excluding hydrogens is 422 g/mol. The van der Waals surface area contributed by atoms with Crippen molar-refractivity contribution in [1.29, 1.82) is 0 Å². The summed E-state index contributed by atoms with van der Waals surface area (Å²) in [6.45, 7) is 8.66. The second-order valence-corrected chi connectivity index (χ2v) is 9.91. The van der Waals surface area contributed by atoms with E-state index in [0.29, 0.717) is 52.7 Å². The molecule has 8 heteroatoms. The molecule has 0 saturated carbocycles. The lowest BCUT2D eigenvalue weighted by molar-refractivity contribution is -0.141. The van der Waals surface area contributed by atoms with Gasteiger partial charge in [-0.3, -0.25) is 9.59 Å². The van der Waals surface area contributed by atoms with Crippen molar-refractivity contribution in [3.8, 4) is 5.75 Å². The Labute approximate surface area is 191 Å². The molecule has 1 fully saturated rings. The number of hydrogen-bond donors (Lipinski definition) is 3. The SMILES string of the molecule is CC1(C)OC[C@H](COc2ccc3c(c2)C(C)(C)c2[nH]c4c(c2C3=O)=CC[C@@H](N)C=4C(N)=O)O1. The Morgan fingerprint density at radius 1 is 1.27 bits per heavy atom. The van der Waals surface area contributed by atoms with Crippen LogP contribution in [-0.2, 0) is 19.7 Å². The monoisotopic (exact) mass is 451 g/mol. The van der Waals surface area contributed by atoms with E-state index < -0.39 is 23.2 Å². The van der Waals surface area contributed by atoms with Crippen LogP contribution in [0.3, 0.4) is 0 Å². The summed E-state index contributed by atoms with van der Waals surface area (Å²) in [7, 11) is 0. The van der Waals surface area contributed by atoms with Gasteiger partial charge in [0.1, 0.15) is 18.5 Å². The van der Waals surface area contributed by atoms with E-state index >= 15 is 0 Å². The summed E-state index contributed by atoms with van der Waals surface area (Å²) < 4.78 is 17.4. The molecule has 8 nitrogen and oxygen atoms in total. The lowest BCUT2D eigenvalue weighted by atomic mass is 9.71. The highest BCUT2D eigenvalue weighted by Crippen LogP contribution is 2.40. The smallest absolute Gasteiger partial charge is 0.248 e. The number of primary amides is 1. The van der Waals surface area contributed by atoms with E-state index in [1.807, 2.05) is 39.8 Å². The van der Waals surface area contributed by atoms with Crippen molar-refractivity contribution in [2.24, 2.45) is 11.5 Å². The quantitative estimate of drug-likeness (QED) is 0.623. The standard InChI is InChI=1S/C25H29N3O5/c1-24(2)16-9-12(31-10-13-11-32-25(3,4)33-13)5-6-14(16)21(29)18-15-7-8-17(26)19(23(27)30)20(15)28-22(18)24/h5-7,9,13,17,28H,8,10-11,26H2,1-4H3,(H2,27,30)/t13-,17+/m0/s1. The third-order valence-electron chi connectivity index (χ3n) is 6.78. The molecule has 2 aliphatic carbocycles. The lowest BCUT2D eigenvalue weighted by Crippen LogP contribution is -2.44. The molecule has 1 aromatic heterocycles. The van der Waals surface area contributed by atoms with Crippen LogP contribution in [0.5, 0.6) is 5.75 Å². The number of rotatable bonds is 4. The van der Waals surface area contributed by atoms with Gasteiger partial charge in [-0.25, -0.2) is 0 Å². The van der Waals surface area contributed by atoms with Crippen LogP contribution < -0.4 is 26.8 Å². The highest BCUT2D eigenvalue weighted by molar-refractivity contribution is 6.16. The molecule has 2 atom stereocenters. The van der Waals surface area contributed by atoms with Crippen molar-refractivity contribution in [2.75, 3.05) is 13.2 Å². The summed E-state index contributed by atoms with van der Waals surface area (Å²) in [5.74, 6) is -0.619. The van der Waals surface area contributed by atoms with E-state index in [2.05, 4.69) is 4.98 Å². The summed E-state index contributed by atoms with van der Waals surface area (Å²) in [6.07, 6.45) is 2.21. The number of fused-ring (bicyclic) bond motifs is 4. The number of benzene rings is 1. The molecule has 5 rings (SSSR count). The number of aromatic amines is 1. The molecule has 1 aromatic carbocycles. The molecule has 5 N–H and O–H groups in total. The van der Waals surface area contributed by atoms with Crippen molar-refractivity contribution in [3.63, 3.8) is 0 Å². The summed E-state index contributed by atoms with van der Waals surface area (Å²) in [5, 5.41) is 1.27. The minimum absolute atomic E-state index is 0.0896. The Morgan fingerprint density at radius 2 is 2.03 bits per heavy atom. The van der Waals surface area contributed by atoms with Crippen LogP contribution in [0.4, 0.5) is 0 Å². The average Bonchev–Trinajstić information content (AvgIpc) is 3.30. The third-order valence-corrected chi connectivity index (χ3v) is 6.78. The Bertz CT molecular complexity index is 1300. The maximum atomic E-state index is 13.6. The molecule has 2 aromatic rings. The zero-order valence-electron chi connectivity index (χ0n) is 19.3. The van der Waals surface area contributed by atoms with Crippen LogP contribution >= 0.6 is 0 Å². The Balaban J connectivity index is 1.55. The van der Waals surface area contributed by atoms with Crippen molar-refractivity contribution in [1.82, 2.24) is 4.98 Å². The van der Waals surface area contributed by atoms with Gasteiger partial charge in [0.05, 0.1) is 23.1 Å². The van der Waals surface area contributed by atoms with E-state index in [0.717, 1.165) is 11.3 Å². The number of nitrogens with two attached hydrogens (primary N) is 2. The molecule has 174 valence electrons. The predicted molar refractivity (Wildman–Crippen MR) is 122 cm³/mol. The number of carbonyl (C=O) groups excluding carboxylic acids is 2. The fourth-order valence-electron chi connectivity index (χ4n) is 5.12. The molecule has 33 heavy (non-hydrogen) atoms. The molecular formula is C25H29N3O5. The number of aromatic nitrogens is 1. The first kappa shape index (κ1) is 21.9. The number of ketones is 1. The number of hydrogen-bond acceptors (Lipinski definition) is 6. The first-order chi connectivity index (χ1) is 15.5. The van der Waals surface area contributed by atoms with Crippen molar-refractivity contribution in [3.05, 3.63) is 51.2 Å². The first-order valence-corrected chi connectivity index (χ1v) is 11.2. The Kier molecular flexibility index (Phi) is 4.83. The van der Waals surface area contributed by atoms with E-state index in [1.165, 1.54) is 0 Å². The number of amides is 1. The van der Waals surface area contributed by atoms with Gasteiger partial charge in [0.25, 0.3) is 0 Å². The van der Waals surface area contributed by atoms with Gasteiger partial charge in [0.2, 0.25) is 5.91 Å². The Hall–Kier alpha value is -2.94. The minimum Gasteiger partial charge on any atom is -0.491 e. The summed E-state index contributed by atoms with van der Waals surface area (Å²) >= 11 is 0. The number of carbonyl (C=O) groups is 2. The van der Waals surface area contributed by atoms with Gasteiger partial charge < -0.3 is 30.7 Å². The molecule has 0 spiro atoms. The van der Waals surface area contributed by atoms with E-state index in [-0.39, 0.29) is 11.9 Å². The zero-order valence-corrected chi connectivity index (χ0v) is 19.3. The second-order valence-electron chi connectivity index (χ2n) is 9.91. The van der Waals surface area contributed by atoms with Gasteiger partial charge in [-0.1, -0.05) is 19.9 Å². The van der Waals surface area contributed by atoms with Gasteiger partial charge in [0.15, 0.2) is 11.6 Å². The largest absolute Gasteiger partial charge is 0.491 e. The predicted octanol–water partition coefficient (Wildman–Crippen LogP) is 0.563. The number of nitrogens with one attached hydrogen (secondary N) is 1. The fraction of sp³-hybridized carbons (Fsp3) is 0.440. The highest BCUT2D eigenvalue weighted by Gasteiger charge is 2.40. The third kappa shape index (κ3) is 3.40. The molecule has 1 aliphatic heterocycles. The average molecular weight is 452 g/mol.